The summed E-state index contributed by atoms with van der Waals surface area (Å²) in [7, 11) is 0. The number of hydrogen-bond acceptors (Lipinski definition) is 3. The molecule has 110 valence electrons. The molecule has 1 rings (SSSR count). The molecule has 0 aliphatic heterocycles. The van der Waals surface area contributed by atoms with E-state index in [1.54, 1.807) is 0 Å². The van der Waals surface area contributed by atoms with Crippen LogP contribution in [-0.4, -0.2) is 29.1 Å². The van der Waals surface area contributed by atoms with E-state index in [1.807, 2.05) is 30.3 Å². The lowest BCUT2D eigenvalue weighted by atomic mass is 10.1. The monoisotopic (exact) mass is 298 g/mol. The zero-order valence-corrected chi connectivity index (χ0v) is 11.8. The summed E-state index contributed by atoms with van der Waals surface area (Å²) in [5, 5.41) is 11.3. The minimum absolute atomic E-state index is 0. The topological polar surface area (TPSA) is 92.4 Å². The highest BCUT2D eigenvalue weighted by Gasteiger charge is 2.22. The summed E-state index contributed by atoms with van der Waals surface area (Å²) in [6, 6.07) is 7.58. The molecule has 20 heavy (non-hydrogen) atoms. The molecule has 0 saturated heterocycles. The Morgan fingerprint density at radius 2 is 1.95 bits per heavy atom. The van der Waals surface area contributed by atoms with E-state index in [4.69, 9.17) is 10.8 Å². The van der Waals surface area contributed by atoms with Gasteiger partial charge in [-0.2, -0.15) is 0 Å². The maximum Gasteiger partial charge on any atom is 0.326 e. The first-order valence-electron chi connectivity index (χ1n) is 5.98. The number of carboxylic acids is 1. The van der Waals surface area contributed by atoms with Crippen LogP contribution in [0.1, 0.15) is 12.0 Å². The first kappa shape index (κ1) is 18.1. The number of hydrogen-bond donors (Lipinski definition) is 3. The van der Waals surface area contributed by atoms with E-state index < -0.39 is 24.0 Å². The Morgan fingerprint density at radius 3 is 2.45 bits per heavy atom. The van der Waals surface area contributed by atoms with Gasteiger partial charge in [-0.1, -0.05) is 36.4 Å². The molecule has 5 nitrogen and oxygen atoms in total. The van der Waals surface area contributed by atoms with Gasteiger partial charge < -0.3 is 16.2 Å². The largest absolute Gasteiger partial charge is 0.480 e. The van der Waals surface area contributed by atoms with Gasteiger partial charge >= 0.3 is 5.97 Å². The molecule has 1 amide bonds. The maximum absolute atomic E-state index is 11.8. The first-order chi connectivity index (χ1) is 9.04. The first-order valence-corrected chi connectivity index (χ1v) is 5.98. The van der Waals surface area contributed by atoms with Gasteiger partial charge in [0.2, 0.25) is 5.91 Å². The molecule has 6 heteroatoms. The minimum atomic E-state index is -1.10. The Hall–Kier alpha value is -1.85. The molecule has 0 radical (unpaired) electrons. The summed E-state index contributed by atoms with van der Waals surface area (Å²) in [6.07, 6.45) is 1.98. The Bertz CT molecular complexity index is 451. The number of aliphatic carboxylic acids is 1. The molecule has 4 N–H and O–H groups in total. The molecule has 2 atom stereocenters. The number of nitrogens with one attached hydrogen (secondary N) is 1. The lowest BCUT2D eigenvalue weighted by molar-refractivity contribution is -0.141. The number of halogens is 1. The van der Waals surface area contributed by atoms with Crippen LogP contribution in [-0.2, 0) is 16.0 Å². The third-order valence-electron chi connectivity index (χ3n) is 2.65. The van der Waals surface area contributed by atoms with Crippen molar-refractivity contribution >= 4 is 24.3 Å². The van der Waals surface area contributed by atoms with E-state index in [2.05, 4.69) is 11.9 Å². The Labute approximate surface area is 124 Å². The molecule has 0 saturated carbocycles. The van der Waals surface area contributed by atoms with Gasteiger partial charge in [0.25, 0.3) is 0 Å². The van der Waals surface area contributed by atoms with Gasteiger partial charge in [0, 0.05) is 0 Å². The Kier molecular flexibility index (Phi) is 8.27. The predicted octanol–water partition coefficient (Wildman–Crippen LogP) is 1.12. The third kappa shape index (κ3) is 5.86. The zero-order chi connectivity index (χ0) is 14.3. The molecule has 0 aliphatic carbocycles. The van der Waals surface area contributed by atoms with Crippen molar-refractivity contribution in [2.24, 2.45) is 5.73 Å². The quantitative estimate of drug-likeness (QED) is 0.658. The van der Waals surface area contributed by atoms with E-state index in [0.717, 1.165) is 5.56 Å². The van der Waals surface area contributed by atoms with Crippen LogP contribution in [0.3, 0.4) is 0 Å². The van der Waals surface area contributed by atoms with Gasteiger partial charge in [-0.15, -0.1) is 19.0 Å². The van der Waals surface area contributed by atoms with Crippen LogP contribution in [0.25, 0.3) is 0 Å². The summed E-state index contributed by atoms with van der Waals surface area (Å²) >= 11 is 0. The van der Waals surface area contributed by atoms with E-state index in [9.17, 15) is 9.59 Å². The molecule has 0 aliphatic rings. The molecule has 0 spiro atoms. The highest BCUT2D eigenvalue weighted by atomic mass is 35.5. The van der Waals surface area contributed by atoms with Gasteiger partial charge in [-0.25, -0.2) is 4.79 Å². The second-order valence-electron chi connectivity index (χ2n) is 4.22. The average molecular weight is 299 g/mol. The average Bonchev–Trinajstić information content (AvgIpc) is 2.39. The standard InChI is InChI=1S/C14H18N2O3.ClH/c1-2-6-12(14(18)19)16-13(17)11(15)9-10-7-4-3-5-8-10;/h2-5,7-8,11-12H,1,6,9,15H2,(H,16,17)(H,18,19);1H. The fourth-order valence-electron chi connectivity index (χ4n) is 1.63. The van der Waals surface area contributed by atoms with E-state index in [0.29, 0.717) is 6.42 Å². The predicted molar refractivity (Wildman–Crippen MR) is 79.7 cm³/mol. The number of carboxylic acid groups (broad SMARTS) is 1. The molecule has 0 heterocycles. The maximum atomic E-state index is 11.8. The van der Waals surface area contributed by atoms with Crippen molar-refractivity contribution in [3.63, 3.8) is 0 Å². The number of benzene rings is 1. The van der Waals surface area contributed by atoms with E-state index in [-0.39, 0.29) is 18.8 Å². The lowest BCUT2D eigenvalue weighted by Crippen LogP contribution is -2.49. The number of carbonyl (C=O) groups excluding carboxylic acids is 1. The summed E-state index contributed by atoms with van der Waals surface area (Å²) in [5.74, 6) is -1.57. The van der Waals surface area contributed by atoms with Crippen molar-refractivity contribution in [2.45, 2.75) is 24.9 Å². The van der Waals surface area contributed by atoms with Crippen LogP contribution in [0.5, 0.6) is 0 Å². The van der Waals surface area contributed by atoms with Gasteiger partial charge in [-0.05, 0) is 18.4 Å². The molecule has 1 aromatic rings. The Morgan fingerprint density at radius 1 is 1.35 bits per heavy atom. The van der Waals surface area contributed by atoms with Crippen molar-refractivity contribution in [2.75, 3.05) is 0 Å². The summed E-state index contributed by atoms with van der Waals surface area (Å²) in [6.45, 7) is 3.46. The van der Waals surface area contributed by atoms with Crippen molar-refractivity contribution in [3.05, 3.63) is 48.6 Å². The van der Waals surface area contributed by atoms with Gasteiger partial charge in [0.05, 0.1) is 6.04 Å². The third-order valence-corrected chi connectivity index (χ3v) is 2.65. The van der Waals surface area contributed by atoms with Crippen molar-refractivity contribution in [1.82, 2.24) is 5.32 Å². The molecule has 0 fully saturated rings. The van der Waals surface area contributed by atoms with Crippen LogP contribution in [0.4, 0.5) is 0 Å². The minimum Gasteiger partial charge on any atom is -0.480 e. The number of nitrogens with two attached hydrogens (primary N) is 1. The molecule has 2 unspecified atom stereocenters. The molecular formula is C14H19ClN2O3. The zero-order valence-electron chi connectivity index (χ0n) is 11.0. The van der Waals surface area contributed by atoms with Crippen molar-refractivity contribution < 1.29 is 14.7 Å². The molecule has 0 bridgehead atoms. The van der Waals surface area contributed by atoms with Crippen LogP contribution in [0, 0.1) is 0 Å². The molecule has 1 aromatic carbocycles. The molecular weight excluding hydrogens is 280 g/mol. The summed E-state index contributed by atoms with van der Waals surface area (Å²) in [4.78, 5) is 22.7. The SMILES string of the molecule is C=CCC(NC(=O)C(N)Cc1ccccc1)C(=O)O.Cl. The summed E-state index contributed by atoms with van der Waals surface area (Å²) < 4.78 is 0. The molecule has 0 aromatic heterocycles. The van der Waals surface area contributed by atoms with Crippen LogP contribution in [0.15, 0.2) is 43.0 Å². The number of carbonyl (C=O) groups is 2. The van der Waals surface area contributed by atoms with Crippen LogP contribution < -0.4 is 11.1 Å². The highest BCUT2D eigenvalue weighted by molar-refractivity contribution is 5.87. The smallest absolute Gasteiger partial charge is 0.326 e. The van der Waals surface area contributed by atoms with Crippen LogP contribution >= 0.6 is 12.4 Å². The fraction of sp³-hybridized carbons (Fsp3) is 0.286. The Balaban J connectivity index is 0.00000361. The van der Waals surface area contributed by atoms with Gasteiger partial charge in [-0.3, -0.25) is 4.79 Å². The van der Waals surface area contributed by atoms with Crippen molar-refractivity contribution in [1.29, 1.82) is 0 Å². The fourth-order valence-corrected chi connectivity index (χ4v) is 1.63. The van der Waals surface area contributed by atoms with Gasteiger partial charge in [0.1, 0.15) is 6.04 Å². The highest BCUT2D eigenvalue weighted by Crippen LogP contribution is 2.03. The van der Waals surface area contributed by atoms with Gasteiger partial charge in [0.15, 0.2) is 0 Å². The second-order valence-corrected chi connectivity index (χ2v) is 4.22. The number of amides is 1. The van der Waals surface area contributed by atoms with E-state index >= 15 is 0 Å². The second kappa shape index (κ2) is 9.12. The normalized spacial score (nSPS) is 12.7. The van der Waals surface area contributed by atoms with E-state index in [1.165, 1.54) is 6.08 Å². The van der Waals surface area contributed by atoms with Crippen molar-refractivity contribution in [3.8, 4) is 0 Å². The number of rotatable bonds is 7. The lowest BCUT2D eigenvalue weighted by Gasteiger charge is -2.16. The summed E-state index contributed by atoms with van der Waals surface area (Å²) in [5.41, 5.74) is 6.69. The van der Waals surface area contributed by atoms with Crippen LogP contribution in [0.2, 0.25) is 0 Å².